The molecule has 0 saturated carbocycles. The molecule has 7 heteroatoms. The summed E-state index contributed by atoms with van der Waals surface area (Å²) in [6.07, 6.45) is 2.07. The number of nitrogens with two attached hydrogens (primary N) is 1. The number of nitrogens with one attached hydrogen (secondary N) is 1. The number of carbonyl (C=O) groups is 2. The van der Waals surface area contributed by atoms with E-state index in [9.17, 15) is 9.59 Å². The number of likely N-dealkylation sites (tertiary alicyclic amines) is 1. The van der Waals surface area contributed by atoms with Gasteiger partial charge < -0.3 is 20.7 Å². The van der Waals surface area contributed by atoms with Crippen LogP contribution in [0.1, 0.15) is 27.4 Å². The van der Waals surface area contributed by atoms with Crippen LogP contribution in [-0.4, -0.2) is 51.5 Å². The second-order valence-electron chi connectivity index (χ2n) is 4.07. The van der Waals surface area contributed by atoms with Crippen molar-refractivity contribution in [2.24, 2.45) is 11.7 Å². The van der Waals surface area contributed by atoms with Crippen molar-refractivity contribution in [3.05, 3.63) is 17.7 Å². The maximum atomic E-state index is 12.0. The third-order valence-corrected chi connectivity index (χ3v) is 2.96. The van der Waals surface area contributed by atoms with Gasteiger partial charge in [-0.25, -0.2) is 9.78 Å². The number of carbonyl (C=O) groups excluding carboxylic acids is 1. The van der Waals surface area contributed by atoms with E-state index in [1.165, 1.54) is 6.33 Å². The smallest absolute Gasteiger partial charge is 0.354 e. The second-order valence-corrected chi connectivity index (χ2v) is 4.07. The average Bonchev–Trinajstić information content (AvgIpc) is 2.97. The van der Waals surface area contributed by atoms with Gasteiger partial charge in [-0.05, 0) is 18.9 Å². The van der Waals surface area contributed by atoms with Gasteiger partial charge in [0.25, 0.3) is 5.91 Å². The average molecular weight is 238 g/mol. The first-order valence-corrected chi connectivity index (χ1v) is 5.39. The molecule has 1 fully saturated rings. The first kappa shape index (κ1) is 11.6. The van der Waals surface area contributed by atoms with Crippen LogP contribution in [0.15, 0.2) is 6.33 Å². The number of nitrogens with zero attached hydrogens (tertiary/aromatic N) is 2. The summed E-state index contributed by atoms with van der Waals surface area (Å²) in [5, 5.41) is 8.88. The van der Waals surface area contributed by atoms with Gasteiger partial charge in [0, 0.05) is 13.1 Å². The number of carboxylic acids is 1. The molecular formula is C10H14N4O3. The van der Waals surface area contributed by atoms with Crippen molar-refractivity contribution in [3.8, 4) is 0 Å². The van der Waals surface area contributed by atoms with Gasteiger partial charge in [0.1, 0.15) is 0 Å². The zero-order chi connectivity index (χ0) is 12.4. The molecule has 0 aromatic carbocycles. The van der Waals surface area contributed by atoms with Crippen LogP contribution in [0, 0.1) is 5.92 Å². The topological polar surface area (TPSA) is 112 Å². The molecule has 92 valence electrons. The van der Waals surface area contributed by atoms with Crippen molar-refractivity contribution in [1.29, 1.82) is 0 Å². The Morgan fingerprint density at radius 3 is 3.00 bits per heavy atom. The molecule has 1 saturated heterocycles. The van der Waals surface area contributed by atoms with Crippen molar-refractivity contribution < 1.29 is 14.7 Å². The van der Waals surface area contributed by atoms with E-state index in [2.05, 4.69) is 9.97 Å². The Labute approximate surface area is 97.6 Å². The highest BCUT2D eigenvalue weighted by molar-refractivity contribution is 6.02. The van der Waals surface area contributed by atoms with Gasteiger partial charge in [0.05, 0.1) is 6.33 Å². The van der Waals surface area contributed by atoms with Crippen molar-refractivity contribution in [1.82, 2.24) is 14.9 Å². The van der Waals surface area contributed by atoms with E-state index in [4.69, 9.17) is 10.8 Å². The molecule has 1 amide bonds. The van der Waals surface area contributed by atoms with Gasteiger partial charge in [0.2, 0.25) is 0 Å². The van der Waals surface area contributed by atoms with Crippen LogP contribution in [0.25, 0.3) is 0 Å². The quantitative estimate of drug-likeness (QED) is 0.659. The lowest BCUT2D eigenvalue weighted by atomic mass is 10.1. The number of amides is 1. The number of hydrogen-bond donors (Lipinski definition) is 3. The van der Waals surface area contributed by atoms with Crippen LogP contribution in [0.3, 0.4) is 0 Å². The zero-order valence-electron chi connectivity index (χ0n) is 9.22. The lowest BCUT2D eigenvalue weighted by molar-refractivity contribution is 0.0674. The number of aromatic amines is 1. The summed E-state index contributed by atoms with van der Waals surface area (Å²) in [4.78, 5) is 30.7. The molecule has 4 N–H and O–H groups in total. The molecule has 0 spiro atoms. The standard InChI is InChI=1S/C10H14N4O3/c11-3-6-1-2-14(4-6)9(15)7-8(10(16)17)13-5-12-7/h5-6H,1-4,11H2,(H,12,13)(H,16,17). The molecule has 1 aromatic rings. The first-order chi connectivity index (χ1) is 8.13. The van der Waals surface area contributed by atoms with Crippen molar-refractivity contribution >= 4 is 11.9 Å². The Hall–Kier alpha value is -1.89. The molecular weight excluding hydrogens is 224 g/mol. The van der Waals surface area contributed by atoms with Gasteiger partial charge >= 0.3 is 5.97 Å². The number of aromatic carboxylic acids is 1. The highest BCUT2D eigenvalue weighted by Crippen LogP contribution is 2.18. The number of carboxylic acid groups (broad SMARTS) is 1. The summed E-state index contributed by atoms with van der Waals surface area (Å²) in [6, 6.07) is 0. The third-order valence-electron chi connectivity index (χ3n) is 2.96. The van der Waals surface area contributed by atoms with Crippen molar-refractivity contribution in [3.63, 3.8) is 0 Å². The van der Waals surface area contributed by atoms with E-state index in [0.717, 1.165) is 6.42 Å². The third kappa shape index (κ3) is 2.14. The van der Waals surface area contributed by atoms with Crippen LogP contribution in [0.5, 0.6) is 0 Å². The Bertz CT molecular complexity index is 443. The minimum absolute atomic E-state index is 0.0322. The number of H-pyrrole nitrogens is 1. The summed E-state index contributed by atoms with van der Waals surface area (Å²) in [6.45, 7) is 1.71. The molecule has 17 heavy (non-hydrogen) atoms. The lowest BCUT2D eigenvalue weighted by Crippen LogP contribution is -2.31. The number of aromatic nitrogens is 2. The van der Waals surface area contributed by atoms with E-state index in [1.54, 1.807) is 4.90 Å². The summed E-state index contributed by atoms with van der Waals surface area (Å²) >= 11 is 0. The molecule has 1 atom stereocenters. The Morgan fingerprint density at radius 1 is 1.65 bits per heavy atom. The van der Waals surface area contributed by atoms with E-state index in [-0.39, 0.29) is 17.3 Å². The molecule has 2 heterocycles. The summed E-state index contributed by atoms with van der Waals surface area (Å²) < 4.78 is 0. The van der Waals surface area contributed by atoms with Crippen LogP contribution in [0.4, 0.5) is 0 Å². The minimum atomic E-state index is -1.18. The Morgan fingerprint density at radius 2 is 2.41 bits per heavy atom. The van der Waals surface area contributed by atoms with Crippen LogP contribution in [0.2, 0.25) is 0 Å². The SMILES string of the molecule is NCC1CCN(C(=O)c2nc[nH]c2C(=O)O)C1. The molecule has 0 bridgehead atoms. The maximum Gasteiger partial charge on any atom is 0.354 e. The van der Waals surface area contributed by atoms with Crippen LogP contribution < -0.4 is 5.73 Å². The van der Waals surface area contributed by atoms with E-state index >= 15 is 0 Å². The number of imidazole rings is 1. The number of hydrogen-bond acceptors (Lipinski definition) is 4. The van der Waals surface area contributed by atoms with Crippen LogP contribution in [-0.2, 0) is 0 Å². The molecule has 1 unspecified atom stereocenters. The Balaban J connectivity index is 2.15. The largest absolute Gasteiger partial charge is 0.477 e. The fraction of sp³-hybridized carbons (Fsp3) is 0.500. The molecule has 0 radical (unpaired) electrons. The molecule has 0 aliphatic carbocycles. The highest BCUT2D eigenvalue weighted by atomic mass is 16.4. The van der Waals surface area contributed by atoms with Crippen LogP contribution >= 0.6 is 0 Å². The summed E-state index contributed by atoms with van der Waals surface area (Å²) in [5.41, 5.74) is 5.35. The van der Waals surface area contributed by atoms with Gasteiger partial charge in [-0.1, -0.05) is 0 Å². The van der Waals surface area contributed by atoms with Crippen molar-refractivity contribution in [2.45, 2.75) is 6.42 Å². The first-order valence-electron chi connectivity index (χ1n) is 5.39. The summed E-state index contributed by atoms with van der Waals surface area (Å²) in [7, 11) is 0. The Kier molecular flexibility index (Phi) is 3.10. The van der Waals surface area contributed by atoms with Crippen molar-refractivity contribution in [2.75, 3.05) is 19.6 Å². The normalized spacial score (nSPS) is 19.6. The number of rotatable bonds is 3. The molecule has 7 nitrogen and oxygen atoms in total. The van der Waals surface area contributed by atoms with E-state index in [1.807, 2.05) is 0 Å². The fourth-order valence-electron chi connectivity index (χ4n) is 1.98. The second kappa shape index (κ2) is 4.54. The van der Waals surface area contributed by atoms with E-state index in [0.29, 0.717) is 25.6 Å². The molecule has 1 aliphatic rings. The maximum absolute atomic E-state index is 12.0. The zero-order valence-corrected chi connectivity index (χ0v) is 9.22. The van der Waals surface area contributed by atoms with Gasteiger partial charge in [0.15, 0.2) is 11.4 Å². The summed E-state index contributed by atoms with van der Waals surface area (Å²) in [5.74, 6) is -1.23. The minimum Gasteiger partial charge on any atom is -0.477 e. The van der Waals surface area contributed by atoms with Gasteiger partial charge in [-0.15, -0.1) is 0 Å². The lowest BCUT2D eigenvalue weighted by Gasteiger charge is -2.14. The predicted molar refractivity (Wildman–Crippen MR) is 58.6 cm³/mol. The van der Waals surface area contributed by atoms with Gasteiger partial charge in [-0.3, -0.25) is 4.79 Å². The monoisotopic (exact) mass is 238 g/mol. The molecule has 1 aromatic heterocycles. The fourth-order valence-corrected chi connectivity index (χ4v) is 1.98. The molecule has 1 aliphatic heterocycles. The molecule has 2 rings (SSSR count). The van der Waals surface area contributed by atoms with Gasteiger partial charge in [-0.2, -0.15) is 0 Å². The highest BCUT2D eigenvalue weighted by Gasteiger charge is 2.30. The van der Waals surface area contributed by atoms with E-state index < -0.39 is 5.97 Å². The predicted octanol–water partition coefficient (Wildman–Crippen LogP) is -0.471.